The average Bonchev–Trinajstić information content (AvgIpc) is 3.81. The first-order valence-electron chi connectivity index (χ1n) is 18.7. The topological polar surface area (TPSA) is 3.24 Å². The van der Waals surface area contributed by atoms with Crippen molar-refractivity contribution in [3.8, 4) is 22.3 Å². The molecular formula is C52H37NS. The summed E-state index contributed by atoms with van der Waals surface area (Å²) < 4.78 is 2.60. The van der Waals surface area contributed by atoms with Crippen molar-refractivity contribution in [2.24, 2.45) is 0 Å². The van der Waals surface area contributed by atoms with Crippen molar-refractivity contribution in [1.82, 2.24) is 0 Å². The minimum atomic E-state index is 0.823. The molecule has 0 amide bonds. The van der Waals surface area contributed by atoms with Crippen molar-refractivity contribution in [3.63, 3.8) is 0 Å². The maximum atomic E-state index is 2.44. The number of anilines is 3. The SMILES string of the molecule is C(=C(\Cc1ccc(-c2ccccc2)cc1)c1cccc2c1sc1c(N(c3ccccc3)c3ccccc3)cccc12)/c1ccc2c(c1)-c1ccccc1C2. The number of nitrogens with zero attached hydrogens (tertiary/aromatic N) is 1. The van der Waals surface area contributed by atoms with Crippen LogP contribution in [0.15, 0.2) is 194 Å². The van der Waals surface area contributed by atoms with Gasteiger partial charge in [0.1, 0.15) is 0 Å². The number of fused-ring (bicyclic) bond motifs is 6. The minimum Gasteiger partial charge on any atom is -0.309 e. The van der Waals surface area contributed by atoms with E-state index in [1.54, 1.807) is 0 Å². The van der Waals surface area contributed by atoms with Crippen LogP contribution >= 0.6 is 11.3 Å². The second-order valence-electron chi connectivity index (χ2n) is 14.1. The fourth-order valence-electron chi connectivity index (χ4n) is 8.14. The number of thiophene rings is 1. The molecule has 1 heterocycles. The Labute approximate surface area is 320 Å². The standard InChI is InChI=1S/C52H37NS/c1-4-14-38(15-5-1)39-29-26-36(27-30-39)32-42(33-37-28-31-41-35-40-16-10-11-21-45(40)49(41)34-37)46-22-12-23-47-48-24-13-25-50(52(48)54-51(46)47)53(43-17-6-2-7-18-43)44-19-8-3-9-20-44/h1-31,33-34H,32,35H2/b42-33-. The molecule has 0 spiro atoms. The summed E-state index contributed by atoms with van der Waals surface area (Å²) in [5.74, 6) is 0. The van der Waals surface area contributed by atoms with Gasteiger partial charge in [-0.15, -0.1) is 11.3 Å². The molecule has 0 N–H and O–H groups in total. The van der Waals surface area contributed by atoms with Crippen molar-refractivity contribution in [2.45, 2.75) is 12.8 Å². The summed E-state index contributed by atoms with van der Waals surface area (Å²) in [6.07, 6.45) is 4.26. The maximum Gasteiger partial charge on any atom is 0.0640 e. The summed E-state index contributed by atoms with van der Waals surface area (Å²) in [4.78, 5) is 2.39. The molecule has 10 rings (SSSR count). The molecule has 1 nitrogen and oxygen atoms in total. The van der Waals surface area contributed by atoms with E-state index in [0.29, 0.717) is 0 Å². The van der Waals surface area contributed by atoms with E-state index < -0.39 is 0 Å². The van der Waals surface area contributed by atoms with Crippen molar-refractivity contribution in [2.75, 3.05) is 4.90 Å². The van der Waals surface area contributed by atoms with Gasteiger partial charge in [-0.1, -0.05) is 164 Å². The molecule has 0 atom stereocenters. The lowest BCUT2D eigenvalue weighted by Crippen LogP contribution is -2.09. The highest BCUT2D eigenvalue weighted by atomic mass is 32.1. The van der Waals surface area contributed by atoms with Crippen LogP contribution in [0, 0.1) is 0 Å². The van der Waals surface area contributed by atoms with Gasteiger partial charge >= 0.3 is 0 Å². The summed E-state index contributed by atoms with van der Waals surface area (Å²) in [6, 6.07) is 70.8. The van der Waals surface area contributed by atoms with Gasteiger partial charge in [-0.25, -0.2) is 0 Å². The molecule has 256 valence electrons. The fraction of sp³-hybridized carbons (Fsp3) is 0.0385. The van der Waals surface area contributed by atoms with Crippen LogP contribution in [-0.4, -0.2) is 0 Å². The molecule has 2 heteroatoms. The van der Waals surface area contributed by atoms with Crippen LogP contribution in [0.1, 0.15) is 27.8 Å². The Hall–Kier alpha value is -6.48. The van der Waals surface area contributed by atoms with Gasteiger partial charge in [0.2, 0.25) is 0 Å². The van der Waals surface area contributed by atoms with Crippen LogP contribution < -0.4 is 4.90 Å². The van der Waals surface area contributed by atoms with E-state index in [1.165, 1.54) is 81.5 Å². The van der Waals surface area contributed by atoms with Gasteiger partial charge in [0, 0.05) is 26.8 Å². The molecular weight excluding hydrogens is 671 g/mol. The van der Waals surface area contributed by atoms with E-state index >= 15 is 0 Å². The van der Waals surface area contributed by atoms with Crippen LogP contribution in [0.3, 0.4) is 0 Å². The normalized spacial score (nSPS) is 12.2. The zero-order chi connectivity index (χ0) is 35.8. The molecule has 0 radical (unpaired) electrons. The summed E-state index contributed by atoms with van der Waals surface area (Å²) in [7, 11) is 0. The highest BCUT2D eigenvalue weighted by molar-refractivity contribution is 7.26. The first-order valence-corrected chi connectivity index (χ1v) is 19.5. The largest absolute Gasteiger partial charge is 0.309 e. The predicted octanol–water partition coefficient (Wildman–Crippen LogP) is 14.5. The summed E-state index contributed by atoms with van der Waals surface area (Å²) in [6.45, 7) is 0. The van der Waals surface area contributed by atoms with Crippen molar-refractivity contribution in [3.05, 3.63) is 222 Å². The fourth-order valence-corrected chi connectivity index (χ4v) is 9.49. The van der Waals surface area contributed by atoms with E-state index in [2.05, 4.69) is 205 Å². The molecule has 0 fully saturated rings. The third kappa shape index (κ3) is 5.91. The zero-order valence-electron chi connectivity index (χ0n) is 29.8. The van der Waals surface area contributed by atoms with Crippen LogP contribution in [0.25, 0.3) is 54.1 Å². The van der Waals surface area contributed by atoms with Crippen molar-refractivity contribution >= 4 is 60.2 Å². The third-order valence-electron chi connectivity index (χ3n) is 10.7. The molecule has 8 aromatic carbocycles. The number of hydrogen-bond donors (Lipinski definition) is 0. The van der Waals surface area contributed by atoms with Crippen LogP contribution in [0.2, 0.25) is 0 Å². The Balaban J connectivity index is 1.13. The van der Waals surface area contributed by atoms with E-state index in [-0.39, 0.29) is 0 Å². The number of para-hydroxylation sites is 2. The Morgan fingerprint density at radius 2 is 1.11 bits per heavy atom. The maximum absolute atomic E-state index is 2.44. The van der Waals surface area contributed by atoms with Gasteiger partial charge in [0.25, 0.3) is 0 Å². The van der Waals surface area contributed by atoms with Crippen LogP contribution in [-0.2, 0) is 12.8 Å². The monoisotopic (exact) mass is 707 g/mol. The van der Waals surface area contributed by atoms with Crippen LogP contribution in [0.5, 0.6) is 0 Å². The molecule has 0 bridgehead atoms. The number of allylic oxidation sites excluding steroid dienone is 1. The van der Waals surface area contributed by atoms with Gasteiger partial charge in [-0.2, -0.15) is 0 Å². The Bertz CT molecular complexity index is 2760. The number of benzene rings is 8. The number of rotatable bonds is 8. The molecule has 1 aliphatic rings. The minimum absolute atomic E-state index is 0.823. The highest BCUT2D eigenvalue weighted by Gasteiger charge is 2.21. The Kier molecular flexibility index (Phi) is 8.24. The van der Waals surface area contributed by atoms with E-state index in [1.807, 2.05) is 11.3 Å². The quantitative estimate of drug-likeness (QED) is 0.142. The summed E-state index contributed by atoms with van der Waals surface area (Å²) in [5.41, 5.74) is 16.6. The average molecular weight is 708 g/mol. The lowest BCUT2D eigenvalue weighted by Gasteiger charge is -2.25. The Morgan fingerprint density at radius 3 is 1.85 bits per heavy atom. The highest BCUT2D eigenvalue weighted by Crippen LogP contribution is 2.47. The molecule has 0 aliphatic heterocycles. The summed E-state index contributed by atoms with van der Waals surface area (Å²) >= 11 is 1.91. The second-order valence-corrected chi connectivity index (χ2v) is 15.1. The van der Waals surface area contributed by atoms with Crippen molar-refractivity contribution < 1.29 is 0 Å². The molecule has 0 saturated heterocycles. The zero-order valence-corrected chi connectivity index (χ0v) is 30.6. The molecule has 9 aromatic rings. The predicted molar refractivity (Wildman–Crippen MR) is 232 cm³/mol. The molecule has 1 aromatic heterocycles. The number of hydrogen-bond acceptors (Lipinski definition) is 2. The van der Waals surface area contributed by atoms with Gasteiger partial charge in [-0.05, 0) is 105 Å². The third-order valence-corrected chi connectivity index (χ3v) is 12.0. The van der Waals surface area contributed by atoms with Crippen LogP contribution in [0.4, 0.5) is 17.1 Å². The van der Waals surface area contributed by atoms with E-state index in [4.69, 9.17) is 0 Å². The molecule has 1 aliphatic carbocycles. The second kappa shape index (κ2) is 13.8. The van der Waals surface area contributed by atoms with E-state index in [0.717, 1.165) is 24.2 Å². The van der Waals surface area contributed by atoms with Crippen molar-refractivity contribution in [1.29, 1.82) is 0 Å². The van der Waals surface area contributed by atoms with E-state index in [9.17, 15) is 0 Å². The van der Waals surface area contributed by atoms with Gasteiger partial charge in [0.05, 0.1) is 10.4 Å². The molecule has 0 saturated carbocycles. The van der Waals surface area contributed by atoms with Gasteiger partial charge < -0.3 is 4.90 Å². The lowest BCUT2D eigenvalue weighted by atomic mass is 9.93. The summed E-state index contributed by atoms with van der Waals surface area (Å²) in [5, 5.41) is 2.58. The first-order chi connectivity index (χ1) is 26.8. The first kappa shape index (κ1) is 32.2. The molecule has 0 unspecified atom stereocenters. The smallest absolute Gasteiger partial charge is 0.0640 e. The molecule has 54 heavy (non-hydrogen) atoms. The lowest BCUT2D eigenvalue weighted by molar-refractivity contribution is 1.26. The van der Waals surface area contributed by atoms with Gasteiger partial charge in [-0.3, -0.25) is 0 Å². The Morgan fingerprint density at radius 1 is 0.500 bits per heavy atom. The van der Waals surface area contributed by atoms with Gasteiger partial charge in [0.15, 0.2) is 0 Å².